The van der Waals surface area contributed by atoms with Crippen molar-refractivity contribution in [1.29, 1.82) is 0 Å². The summed E-state index contributed by atoms with van der Waals surface area (Å²) in [6, 6.07) is 10.6. The largest absolute Gasteiger partial charge is 0.294 e. The van der Waals surface area contributed by atoms with Crippen molar-refractivity contribution in [3.8, 4) is 0 Å². The average Bonchev–Trinajstić information content (AvgIpc) is 2.64. The predicted octanol–water partition coefficient (Wildman–Crippen LogP) is 3.72. The molecule has 0 aliphatic heterocycles. The molecule has 0 spiro atoms. The summed E-state index contributed by atoms with van der Waals surface area (Å²) in [6.07, 6.45) is 5.70. The number of rotatable bonds is 1. The van der Waals surface area contributed by atoms with E-state index in [-0.39, 0.29) is 5.92 Å². The highest BCUT2D eigenvalue weighted by molar-refractivity contribution is 6.01. The lowest BCUT2D eigenvalue weighted by Crippen LogP contribution is -2.13. The zero-order valence-electron chi connectivity index (χ0n) is 10.2. The second-order valence-corrected chi connectivity index (χ2v) is 5.29. The molecule has 0 saturated heterocycles. The van der Waals surface area contributed by atoms with Crippen molar-refractivity contribution < 1.29 is 4.79 Å². The second kappa shape index (κ2) is 4.14. The Balaban J connectivity index is 2.03. The number of hydrogen-bond acceptors (Lipinski definition) is 1. The third-order valence-corrected chi connectivity index (χ3v) is 4.34. The monoisotopic (exact) mass is 226 g/mol. The highest BCUT2D eigenvalue weighted by atomic mass is 16.1. The minimum Gasteiger partial charge on any atom is -0.294 e. The standard InChI is InChI=1S/C16H18O/c1-11-15(12-7-3-2-4-8-12)13-9-5-6-10-14(13)16(11)17/h2-4,7-8,10-11,13,15H,5-6,9H2,1H3/t11-,13-,15+/m0/s1. The van der Waals surface area contributed by atoms with Gasteiger partial charge in [0.25, 0.3) is 0 Å². The number of carbonyl (C=O) groups is 1. The van der Waals surface area contributed by atoms with Crippen LogP contribution in [0.4, 0.5) is 0 Å². The third-order valence-electron chi connectivity index (χ3n) is 4.34. The summed E-state index contributed by atoms with van der Waals surface area (Å²) in [6.45, 7) is 2.10. The van der Waals surface area contributed by atoms with E-state index in [0.29, 0.717) is 17.6 Å². The van der Waals surface area contributed by atoms with E-state index in [1.54, 1.807) is 0 Å². The van der Waals surface area contributed by atoms with Crippen LogP contribution in [-0.4, -0.2) is 5.78 Å². The van der Waals surface area contributed by atoms with Gasteiger partial charge in [0.1, 0.15) is 0 Å². The molecule has 0 unspecified atom stereocenters. The minimum absolute atomic E-state index is 0.159. The lowest BCUT2D eigenvalue weighted by Gasteiger charge is -2.24. The first-order valence-corrected chi connectivity index (χ1v) is 6.58. The molecule has 17 heavy (non-hydrogen) atoms. The Morgan fingerprint density at radius 3 is 2.71 bits per heavy atom. The lowest BCUT2D eigenvalue weighted by molar-refractivity contribution is -0.117. The van der Waals surface area contributed by atoms with E-state index >= 15 is 0 Å². The highest BCUT2D eigenvalue weighted by Crippen LogP contribution is 2.49. The van der Waals surface area contributed by atoms with Gasteiger partial charge in [-0.2, -0.15) is 0 Å². The molecule has 1 aromatic rings. The first kappa shape index (κ1) is 10.8. The molecule has 1 aromatic carbocycles. The maximum absolute atomic E-state index is 12.3. The van der Waals surface area contributed by atoms with E-state index in [0.717, 1.165) is 12.0 Å². The van der Waals surface area contributed by atoms with E-state index in [1.165, 1.54) is 18.4 Å². The van der Waals surface area contributed by atoms with Crippen LogP contribution in [0.3, 0.4) is 0 Å². The average molecular weight is 226 g/mol. The maximum atomic E-state index is 12.3. The summed E-state index contributed by atoms with van der Waals surface area (Å²) in [5, 5.41) is 0. The quantitative estimate of drug-likeness (QED) is 0.713. The maximum Gasteiger partial charge on any atom is 0.162 e. The molecule has 1 nitrogen and oxygen atoms in total. The zero-order chi connectivity index (χ0) is 11.8. The zero-order valence-corrected chi connectivity index (χ0v) is 10.2. The van der Waals surface area contributed by atoms with E-state index in [4.69, 9.17) is 0 Å². The molecule has 1 saturated carbocycles. The van der Waals surface area contributed by atoms with Crippen LogP contribution in [0.25, 0.3) is 0 Å². The molecular weight excluding hydrogens is 208 g/mol. The molecule has 0 amide bonds. The van der Waals surface area contributed by atoms with Gasteiger partial charge in [0.2, 0.25) is 0 Å². The summed E-state index contributed by atoms with van der Waals surface area (Å²) in [7, 11) is 0. The SMILES string of the molecule is C[C@@H]1C(=O)C2=CCCC[C@@H]2[C@H]1c1ccccc1. The number of hydrogen-bond donors (Lipinski definition) is 0. The van der Waals surface area contributed by atoms with Crippen molar-refractivity contribution in [2.45, 2.75) is 32.1 Å². The Morgan fingerprint density at radius 2 is 1.94 bits per heavy atom. The predicted molar refractivity (Wildman–Crippen MR) is 68.8 cm³/mol. The summed E-state index contributed by atoms with van der Waals surface area (Å²) >= 11 is 0. The Bertz CT molecular complexity index is 458. The molecule has 1 fully saturated rings. The van der Waals surface area contributed by atoms with Crippen molar-refractivity contribution in [2.75, 3.05) is 0 Å². The summed E-state index contributed by atoms with van der Waals surface area (Å²) in [5.41, 5.74) is 2.46. The first-order valence-electron chi connectivity index (χ1n) is 6.58. The van der Waals surface area contributed by atoms with Crippen LogP contribution in [0, 0.1) is 11.8 Å². The van der Waals surface area contributed by atoms with Crippen molar-refractivity contribution in [1.82, 2.24) is 0 Å². The Kier molecular flexibility index (Phi) is 2.62. The number of Topliss-reactive ketones (excluding diaryl/α,β-unsaturated/α-hetero) is 1. The molecule has 1 heteroatoms. The Labute approximate surface area is 103 Å². The smallest absolute Gasteiger partial charge is 0.162 e. The summed E-state index contributed by atoms with van der Waals surface area (Å²) in [4.78, 5) is 12.3. The number of benzene rings is 1. The van der Waals surface area contributed by atoms with Gasteiger partial charge >= 0.3 is 0 Å². The number of allylic oxidation sites excluding steroid dienone is 2. The van der Waals surface area contributed by atoms with Gasteiger partial charge in [0, 0.05) is 11.8 Å². The van der Waals surface area contributed by atoms with Gasteiger partial charge in [-0.15, -0.1) is 0 Å². The summed E-state index contributed by atoms with van der Waals surface area (Å²) < 4.78 is 0. The molecule has 0 heterocycles. The molecule has 0 bridgehead atoms. The molecular formula is C16H18O. The number of carbonyl (C=O) groups excluding carboxylic acids is 1. The van der Waals surface area contributed by atoms with Crippen LogP contribution in [0.5, 0.6) is 0 Å². The lowest BCUT2D eigenvalue weighted by atomic mass is 9.79. The van der Waals surface area contributed by atoms with Gasteiger partial charge in [-0.25, -0.2) is 0 Å². The molecule has 3 rings (SSSR count). The molecule has 0 N–H and O–H groups in total. The minimum atomic E-state index is 0.159. The van der Waals surface area contributed by atoms with E-state index in [9.17, 15) is 4.79 Å². The summed E-state index contributed by atoms with van der Waals surface area (Å²) in [5.74, 6) is 1.44. The van der Waals surface area contributed by atoms with Crippen LogP contribution < -0.4 is 0 Å². The van der Waals surface area contributed by atoms with Gasteiger partial charge < -0.3 is 0 Å². The van der Waals surface area contributed by atoms with Crippen molar-refractivity contribution >= 4 is 5.78 Å². The van der Waals surface area contributed by atoms with Gasteiger partial charge in [-0.3, -0.25) is 4.79 Å². The topological polar surface area (TPSA) is 17.1 Å². The van der Waals surface area contributed by atoms with Crippen molar-refractivity contribution in [3.63, 3.8) is 0 Å². The molecule has 2 aliphatic rings. The van der Waals surface area contributed by atoms with Gasteiger partial charge in [-0.05, 0) is 36.3 Å². The Hall–Kier alpha value is -1.37. The van der Waals surface area contributed by atoms with Gasteiger partial charge in [-0.1, -0.05) is 43.3 Å². The molecule has 0 radical (unpaired) electrons. The fourth-order valence-corrected chi connectivity index (χ4v) is 3.53. The third kappa shape index (κ3) is 1.65. The van der Waals surface area contributed by atoms with Crippen molar-refractivity contribution in [2.24, 2.45) is 11.8 Å². The molecule has 3 atom stereocenters. The van der Waals surface area contributed by atoms with Crippen LogP contribution in [0.15, 0.2) is 42.0 Å². The molecule has 0 aromatic heterocycles. The first-order chi connectivity index (χ1) is 8.29. The fourth-order valence-electron chi connectivity index (χ4n) is 3.53. The normalized spacial score (nSPS) is 32.2. The van der Waals surface area contributed by atoms with E-state index < -0.39 is 0 Å². The van der Waals surface area contributed by atoms with Crippen LogP contribution >= 0.6 is 0 Å². The van der Waals surface area contributed by atoms with Gasteiger partial charge in [0.05, 0.1) is 0 Å². The highest BCUT2D eigenvalue weighted by Gasteiger charge is 2.44. The van der Waals surface area contributed by atoms with Crippen molar-refractivity contribution in [3.05, 3.63) is 47.5 Å². The van der Waals surface area contributed by atoms with Gasteiger partial charge in [0.15, 0.2) is 5.78 Å². The number of ketones is 1. The second-order valence-electron chi connectivity index (χ2n) is 5.29. The van der Waals surface area contributed by atoms with E-state index in [1.807, 2.05) is 6.07 Å². The van der Waals surface area contributed by atoms with Crippen LogP contribution in [-0.2, 0) is 4.79 Å². The fraction of sp³-hybridized carbons (Fsp3) is 0.438. The number of fused-ring (bicyclic) bond motifs is 1. The van der Waals surface area contributed by atoms with Crippen LogP contribution in [0.2, 0.25) is 0 Å². The Morgan fingerprint density at radius 1 is 1.18 bits per heavy atom. The molecule has 2 aliphatic carbocycles. The molecule has 88 valence electrons. The van der Waals surface area contributed by atoms with E-state index in [2.05, 4.69) is 37.3 Å². The van der Waals surface area contributed by atoms with Crippen LogP contribution in [0.1, 0.15) is 37.7 Å².